The second-order valence-corrected chi connectivity index (χ2v) is 11.1. The molecule has 0 aromatic heterocycles. The van der Waals surface area contributed by atoms with Crippen LogP contribution in [0, 0.1) is 20.2 Å². The maximum atomic E-state index is 13.4. The lowest BCUT2D eigenvalue weighted by Crippen LogP contribution is -2.31. The van der Waals surface area contributed by atoms with Crippen molar-refractivity contribution in [3.63, 3.8) is 0 Å². The van der Waals surface area contributed by atoms with Crippen molar-refractivity contribution in [2.45, 2.75) is 16.6 Å². The average molecular weight is 638 g/mol. The SMILES string of the molecule is O=C(Nc1cccc(SC2CC(=O)N(c3ccc([N+](=O)[O-])cc3)C2=O)c1)/C(=C/c1ccc([N+](=O)[O-])cc1)NC(=O)c1ccccc1. The fourth-order valence-electron chi connectivity index (χ4n) is 4.50. The number of nitrogens with one attached hydrogen (secondary N) is 2. The molecule has 1 aliphatic heterocycles. The van der Waals surface area contributed by atoms with Gasteiger partial charge < -0.3 is 10.6 Å². The van der Waals surface area contributed by atoms with Crippen LogP contribution in [0.1, 0.15) is 22.3 Å². The Hall–Kier alpha value is -6.15. The summed E-state index contributed by atoms with van der Waals surface area (Å²) in [5, 5.41) is 26.6. The number of carbonyl (C=O) groups excluding carboxylic acids is 4. The second kappa shape index (κ2) is 13.7. The number of rotatable bonds is 10. The topological polar surface area (TPSA) is 182 Å². The molecule has 46 heavy (non-hydrogen) atoms. The number of anilines is 2. The molecule has 2 N–H and O–H groups in total. The Balaban J connectivity index is 1.32. The van der Waals surface area contributed by atoms with Gasteiger partial charge in [0, 0.05) is 46.8 Å². The molecule has 230 valence electrons. The highest BCUT2D eigenvalue weighted by Crippen LogP contribution is 2.35. The number of hydrogen-bond donors (Lipinski definition) is 2. The molecule has 4 aromatic rings. The van der Waals surface area contributed by atoms with Gasteiger partial charge in [0.1, 0.15) is 5.70 Å². The van der Waals surface area contributed by atoms with Gasteiger partial charge in [0.25, 0.3) is 23.2 Å². The van der Waals surface area contributed by atoms with Gasteiger partial charge in [0.15, 0.2) is 0 Å². The summed E-state index contributed by atoms with van der Waals surface area (Å²) in [6.07, 6.45) is 1.29. The number of nitro groups is 2. The monoisotopic (exact) mass is 637 g/mol. The van der Waals surface area contributed by atoms with Gasteiger partial charge in [-0.15, -0.1) is 11.8 Å². The van der Waals surface area contributed by atoms with Crippen LogP contribution in [-0.4, -0.2) is 38.7 Å². The first-order valence-corrected chi connectivity index (χ1v) is 14.5. The molecule has 14 heteroatoms. The molecule has 5 rings (SSSR count). The van der Waals surface area contributed by atoms with Gasteiger partial charge in [-0.05, 0) is 66.2 Å². The number of benzene rings is 4. The summed E-state index contributed by atoms with van der Waals surface area (Å²) in [6, 6.07) is 25.4. The minimum absolute atomic E-state index is 0.0925. The van der Waals surface area contributed by atoms with Crippen LogP contribution in [0.2, 0.25) is 0 Å². The molecule has 1 saturated heterocycles. The summed E-state index contributed by atoms with van der Waals surface area (Å²) in [5.74, 6) is -2.15. The van der Waals surface area contributed by atoms with Gasteiger partial charge in [-0.3, -0.25) is 39.4 Å². The van der Waals surface area contributed by atoms with Crippen LogP contribution in [0.3, 0.4) is 0 Å². The molecule has 4 amide bonds. The van der Waals surface area contributed by atoms with Crippen molar-refractivity contribution in [2.75, 3.05) is 10.2 Å². The Labute approximate surface area is 265 Å². The fourth-order valence-corrected chi connectivity index (χ4v) is 5.61. The summed E-state index contributed by atoms with van der Waals surface area (Å²) < 4.78 is 0. The fraction of sp³-hybridized carbons (Fsp3) is 0.0625. The largest absolute Gasteiger partial charge is 0.321 e. The summed E-state index contributed by atoms with van der Waals surface area (Å²) in [5.41, 5.74) is 0.868. The Morgan fingerprint density at radius 2 is 1.46 bits per heavy atom. The molecule has 0 aliphatic carbocycles. The van der Waals surface area contributed by atoms with Crippen molar-refractivity contribution in [2.24, 2.45) is 0 Å². The number of nitro benzene ring substituents is 2. The lowest BCUT2D eigenvalue weighted by atomic mass is 10.1. The van der Waals surface area contributed by atoms with Crippen LogP contribution >= 0.6 is 11.8 Å². The van der Waals surface area contributed by atoms with Crippen LogP contribution in [0.5, 0.6) is 0 Å². The molecule has 1 aliphatic rings. The molecule has 0 spiro atoms. The number of non-ortho nitro benzene ring substituents is 2. The standard InChI is InChI=1S/C32H23N5O8S/c38-29-19-28(32(41)35(29)23-13-15-25(16-14-23)37(44)45)46-26-8-4-7-22(18-26)33-31(40)27(34-30(39)21-5-2-1-3-6-21)17-20-9-11-24(12-10-20)36(42)43/h1-18,28H,19H2,(H,33,40)(H,34,39)/b27-17-. The van der Waals surface area contributed by atoms with E-state index in [2.05, 4.69) is 10.6 Å². The molecule has 0 bridgehead atoms. The normalized spacial score (nSPS) is 14.6. The molecule has 4 aromatic carbocycles. The zero-order valence-corrected chi connectivity index (χ0v) is 24.5. The minimum Gasteiger partial charge on any atom is -0.321 e. The lowest BCUT2D eigenvalue weighted by molar-refractivity contribution is -0.385. The number of thioether (sulfide) groups is 1. The Morgan fingerprint density at radius 1 is 0.826 bits per heavy atom. The third-order valence-corrected chi connectivity index (χ3v) is 7.92. The lowest BCUT2D eigenvalue weighted by Gasteiger charge is -2.15. The van der Waals surface area contributed by atoms with Crippen LogP contribution in [0.25, 0.3) is 6.08 Å². The molecule has 0 saturated carbocycles. The molecule has 1 atom stereocenters. The maximum absolute atomic E-state index is 13.4. The van der Waals surface area contributed by atoms with Gasteiger partial charge in [-0.2, -0.15) is 0 Å². The van der Waals surface area contributed by atoms with Gasteiger partial charge in [0.05, 0.1) is 20.8 Å². The highest BCUT2D eigenvalue weighted by Gasteiger charge is 2.40. The van der Waals surface area contributed by atoms with Crippen LogP contribution in [0.4, 0.5) is 22.7 Å². The van der Waals surface area contributed by atoms with Crippen molar-refractivity contribution in [1.29, 1.82) is 0 Å². The Bertz CT molecular complexity index is 1880. The molecule has 1 unspecified atom stereocenters. The molecular weight excluding hydrogens is 614 g/mol. The Kier molecular flexibility index (Phi) is 9.28. The number of carbonyl (C=O) groups is 4. The first-order valence-electron chi connectivity index (χ1n) is 13.6. The molecule has 13 nitrogen and oxygen atoms in total. The first-order chi connectivity index (χ1) is 22.1. The summed E-state index contributed by atoms with van der Waals surface area (Å²) in [6.45, 7) is 0. The van der Waals surface area contributed by atoms with E-state index in [0.717, 1.165) is 16.7 Å². The highest BCUT2D eigenvalue weighted by molar-refractivity contribution is 8.00. The quantitative estimate of drug-likeness (QED) is 0.100. The zero-order chi connectivity index (χ0) is 32.8. The number of imide groups is 1. The van der Waals surface area contributed by atoms with E-state index >= 15 is 0 Å². The summed E-state index contributed by atoms with van der Waals surface area (Å²) in [4.78, 5) is 74.6. The van der Waals surface area contributed by atoms with Crippen molar-refractivity contribution < 1.29 is 29.0 Å². The van der Waals surface area contributed by atoms with Crippen molar-refractivity contribution in [3.8, 4) is 0 Å². The summed E-state index contributed by atoms with van der Waals surface area (Å²) in [7, 11) is 0. The van der Waals surface area contributed by atoms with E-state index in [1.54, 1.807) is 54.6 Å². The van der Waals surface area contributed by atoms with Crippen molar-refractivity contribution >= 4 is 64.2 Å². The van der Waals surface area contributed by atoms with Gasteiger partial charge >= 0.3 is 0 Å². The van der Waals surface area contributed by atoms with Crippen LogP contribution in [-0.2, 0) is 14.4 Å². The van der Waals surface area contributed by atoms with Gasteiger partial charge in [0.2, 0.25) is 11.8 Å². The van der Waals surface area contributed by atoms with E-state index in [1.165, 1.54) is 54.6 Å². The van der Waals surface area contributed by atoms with E-state index < -0.39 is 38.7 Å². The molecule has 1 fully saturated rings. The minimum atomic E-state index is -0.767. The molecule has 1 heterocycles. The number of hydrogen-bond acceptors (Lipinski definition) is 9. The summed E-state index contributed by atoms with van der Waals surface area (Å²) >= 11 is 1.12. The van der Waals surface area contributed by atoms with E-state index in [4.69, 9.17) is 0 Å². The predicted octanol–water partition coefficient (Wildman–Crippen LogP) is 5.34. The Morgan fingerprint density at radius 3 is 2.09 bits per heavy atom. The second-order valence-electron chi connectivity index (χ2n) is 9.86. The molecule has 0 radical (unpaired) electrons. The average Bonchev–Trinajstić information content (AvgIpc) is 3.33. The maximum Gasteiger partial charge on any atom is 0.272 e. The molecular formula is C32H23N5O8S. The van der Waals surface area contributed by atoms with E-state index in [1.807, 2.05) is 0 Å². The van der Waals surface area contributed by atoms with Gasteiger partial charge in [-0.1, -0.05) is 24.3 Å². The van der Waals surface area contributed by atoms with Gasteiger partial charge in [-0.25, -0.2) is 4.90 Å². The van der Waals surface area contributed by atoms with Crippen molar-refractivity contribution in [3.05, 3.63) is 140 Å². The third kappa shape index (κ3) is 7.31. The zero-order valence-electron chi connectivity index (χ0n) is 23.7. The van der Waals surface area contributed by atoms with E-state index in [9.17, 15) is 39.4 Å². The predicted molar refractivity (Wildman–Crippen MR) is 170 cm³/mol. The number of nitrogens with zero attached hydrogens (tertiary/aromatic N) is 3. The van der Waals surface area contributed by atoms with Crippen LogP contribution in [0.15, 0.2) is 114 Å². The van der Waals surface area contributed by atoms with E-state index in [0.29, 0.717) is 21.7 Å². The highest BCUT2D eigenvalue weighted by atomic mass is 32.2. The number of amides is 4. The van der Waals surface area contributed by atoms with Crippen molar-refractivity contribution in [1.82, 2.24) is 5.32 Å². The van der Waals surface area contributed by atoms with Crippen LogP contribution < -0.4 is 15.5 Å². The smallest absolute Gasteiger partial charge is 0.272 e. The van der Waals surface area contributed by atoms with E-state index in [-0.39, 0.29) is 29.2 Å². The first kappa shape index (κ1) is 31.3. The third-order valence-electron chi connectivity index (χ3n) is 6.74.